The highest BCUT2D eigenvalue weighted by atomic mass is 35.5. The van der Waals surface area contributed by atoms with E-state index in [1.165, 1.54) is 24.3 Å². The number of aromatic hydroxyl groups is 1. The van der Waals surface area contributed by atoms with Crippen LogP contribution in [0.25, 0.3) is 0 Å². The molecule has 0 saturated carbocycles. The molecule has 0 unspecified atom stereocenters. The average molecular weight is 463 g/mol. The Morgan fingerprint density at radius 1 is 1.07 bits per heavy atom. The molecule has 0 aliphatic heterocycles. The number of rotatable bonds is 7. The van der Waals surface area contributed by atoms with E-state index in [1.807, 2.05) is 12.3 Å². The normalized spacial score (nSPS) is 11.1. The van der Waals surface area contributed by atoms with Gasteiger partial charge in [0.1, 0.15) is 5.75 Å². The third-order valence-corrected chi connectivity index (χ3v) is 6.34. The lowest BCUT2D eigenvalue weighted by molar-refractivity contribution is 0.102. The third-order valence-electron chi connectivity index (χ3n) is 4.10. The van der Waals surface area contributed by atoms with Crippen molar-refractivity contribution in [2.45, 2.75) is 10.6 Å². The van der Waals surface area contributed by atoms with Crippen molar-refractivity contribution in [3.05, 3.63) is 82.9 Å². The van der Waals surface area contributed by atoms with E-state index in [4.69, 9.17) is 11.6 Å². The molecular formula is C21H19ClN2O4S2. The number of phenols is 1. The number of sulfonamides is 1. The van der Waals surface area contributed by atoms with E-state index < -0.39 is 15.9 Å². The molecule has 30 heavy (non-hydrogen) atoms. The van der Waals surface area contributed by atoms with Crippen molar-refractivity contribution in [2.75, 3.05) is 16.3 Å². The molecular weight excluding hydrogens is 444 g/mol. The van der Waals surface area contributed by atoms with Crippen molar-refractivity contribution in [1.82, 2.24) is 0 Å². The zero-order valence-electron chi connectivity index (χ0n) is 15.9. The van der Waals surface area contributed by atoms with Gasteiger partial charge in [-0.3, -0.25) is 9.52 Å². The number of phenolic OH excluding ortho intramolecular Hbond substituents is 1. The molecule has 9 heteroatoms. The summed E-state index contributed by atoms with van der Waals surface area (Å²) in [7, 11) is -3.96. The second-order valence-corrected chi connectivity index (χ2v) is 9.37. The van der Waals surface area contributed by atoms with Crippen LogP contribution in [-0.4, -0.2) is 25.7 Å². The van der Waals surface area contributed by atoms with Gasteiger partial charge >= 0.3 is 0 Å². The molecule has 1 amide bonds. The summed E-state index contributed by atoms with van der Waals surface area (Å²) in [5, 5.41) is 13.1. The Kier molecular flexibility index (Phi) is 6.91. The first kappa shape index (κ1) is 22.0. The Hall–Kier alpha value is -2.68. The molecule has 0 saturated heterocycles. The van der Waals surface area contributed by atoms with Gasteiger partial charge in [0, 0.05) is 16.3 Å². The lowest BCUT2D eigenvalue weighted by Gasteiger charge is -2.12. The van der Waals surface area contributed by atoms with Gasteiger partial charge in [-0.1, -0.05) is 29.8 Å². The highest BCUT2D eigenvalue weighted by molar-refractivity contribution is 7.97. The Morgan fingerprint density at radius 2 is 1.83 bits per heavy atom. The molecule has 0 heterocycles. The zero-order chi connectivity index (χ0) is 21.7. The Labute approximate surface area is 184 Å². The molecule has 3 N–H and O–H groups in total. The van der Waals surface area contributed by atoms with Crippen molar-refractivity contribution >= 4 is 50.7 Å². The lowest BCUT2D eigenvalue weighted by Crippen LogP contribution is -2.15. The molecule has 0 spiro atoms. The SMILES string of the molecule is CSCc1cccc(C(=O)Nc2cc(S(=O)(=O)Nc3cccc(Cl)c3)ccc2O)c1. The summed E-state index contributed by atoms with van der Waals surface area (Å²) in [6.45, 7) is 0. The van der Waals surface area contributed by atoms with Crippen LogP contribution >= 0.6 is 23.4 Å². The minimum absolute atomic E-state index is 0.00996. The van der Waals surface area contributed by atoms with E-state index in [1.54, 1.807) is 48.2 Å². The first-order chi connectivity index (χ1) is 14.3. The van der Waals surface area contributed by atoms with Crippen molar-refractivity contribution in [3.63, 3.8) is 0 Å². The minimum Gasteiger partial charge on any atom is -0.506 e. The van der Waals surface area contributed by atoms with Crippen LogP contribution < -0.4 is 10.0 Å². The van der Waals surface area contributed by atoms with E-state index in [0.29, 0.717) is 16.3 Å². The number of nitrogens with one attached hydrogen (secondary N) is 2. The van der Waals surface area contributed by atoms with E-state index >= 15 is 0 Å². The summed E-state index contributed by atoms with van der Waals surface area (Å²) >= 11 is 7.53. The fraction of sp³-hybridized carbons (Fsp3) is 0.0952. The smallest absolute Gasteiger partial charge is 0.261 e. The number of thioether (sulfide) groups is 1. The molecule has 3 aromatic rings. The lowest BCUT2D eigenvalue weighted by atomic mass is 10.1. The first-order valence-electron chi connectivity index (χ1n) is 8.79. The van der Waals surface area contributed by atoms with Gasteiger partial charge in [-0.25, -0.2) is 8.42 Å². The summed E-state index contributed by atoms with van der Waals surface area (Å²) in [5.41, 5.74) is 1.68. The van der Waals surface area contributed by atoms with Gasteiger partial charge in [0.25, 0.3) is 15.9 Å². The summed E-state index contributed by atoms with van der Waals surface area (Å²) in [6, 6.07) is 17.0. The number of carbonyl (C=O) groups excluding carboxylic acids is 1. The number of hydrogen-bond donors (Lipinski definition) is 3. The number of halogens is 1. The van der Waals surface area contributed by atoms with Gasteiger partial charge in [-0.2, -0.15) is 11.8 Å². The summed E-state index contributed by atoms with van der Waals surface area (Å²) in [5.74, 6) is 0.0610. The van der Waals surface area contributed by atoms with Crippen LogP contribution in [0, 0.1) is 0 Å². The van der Waals surface area contributed by atoms with Gasteiger partial charge in [0.15, 0.2) is 0 Å². The molecule has 3 rings (SSSR count). The van der Waals surface area contributed by atoms with Gasteiger partial charge in [0.05, 0.1) is 16.3 Å². The summed E-state index contributed by atoms with van der Waals surface area (Å²) < 4.78 is 27.8. The van der Waals surface area contributed by atoms with Gasteiger partial charge < -0.3 is 10.4 Å². The highest BCUT2D eigenvalue weighted by Crippen LogP contribution is 2.28. The molecule has 0 bridgehead atoms. The van der Waals surface area contributed by atoms with Crippen LogP contribution in [0.15, 0.2) is 71.6 Å². The van der Waals surface area contributed by atoms with E-state index in [0.717, 1.165) is 11.3 Å². The first-order valence-corrected chi connectivity index (χ1v) is 12.0. The van der Waals surface area contributed by atoms with E-state index in [9.17, 15) is 18.3 Å². The summed E-state index contributed by atoms with van der Waals surface area (Å²) in [4.78, 5) is 12.5. The minimum atomic E-state index is -3.96. The van der Waals surface area contributed by atoms with Crippen LogP contribution in [-0.2, 0) is 15.8 Å². The Morgan fingerprint density at radius 3 is 2.57 bits per heavy atom. The molecule has 0 atom stereocenters. The maximum absolute atomic E-state index is 12.7. The molecule has 0 aliphatic rings. The number of carbonyl (C=O) groups is 1. The van der Waals surface area contributed by atoms with Crippen molar-refractivity contribution in [3.8, 4) is 5.75 Å². The fourth-order valence-corrected chi connectivity index (χ4v) is 4.49. The van der Waals surface area contributed by atoms with Crippen LogP contribution in [0.4, 0.5) is 11.4 Å². The molecule has 156 valence electrons. The summed E-state index contributed by atoms with van der Waals surface area (Å²) in [6.07, 6.45) is 1.97. The van der Waals surface area contributed by atoms with Crippen LogP contribution in [0.1, 0.15) is 15.9 Å². The van der Waals surface area contributed by atoms with Crippen molar-refractivity contribution in [1.29, 1.82) is 0 Å². The molecule has 0 radical (unpaired) electrons. The predicted octanol–water partition coefficient (Wildman–Crippen LogP) is 4.96. The maximum atomic E-state index is 12.7. The topological polar surface area (TPSA) is 95.5 Å². The molecule has 0 aliphatic carbocycles. The van der Waals surface area contributed by atoms with Gasteiger partial charge in [0.2, 0.25) is 0 Å². The number of benzene rings is 3. The van der Waals surface area contributed by atoms with Crippen LogP contribution in [0.5, 0.6) is 5.75 Å². The largest absolute Gasteiger partial charge is 0.506 e. The average Bonchev–Trinajstić information content (AvgIpc) is 2.69. The predicted molar refractivity (Wildman–Crippen MR) is 122 cm³/mol. The van der Waals surface area contributed by atoms with E-state index in [-0.39, 0.29) is 16.3 Å². The second kappa shape index (κ2) is 9.42. The number of amides is 1. The van der Waals surface area contributed by atoms with Crippen molar-refractivity contribution in [2.24, 2.45) is 0 Å². The molecule has 3 aromatic carbocycles. The quantitative estimate of drug-likeness (QED) is 0.431. The zero-order valence-corrected chi connectivity index (χ0v) is 18.3. The molecule has 6 nitrogen and oxygen atoms in total. The maximum Gasteiger partial charge on any atom is 0.261 e. The number of hydrogen-bond acceptors (Lipinski definition) is 5. The Balaban J connectivity index is 1.84. The van der Waals surface area contributed by atoms with Crippen LogP contribution in [0.3, 0.4) is 0 Å². The standard InChI is InChI=1S/C21H19ClN2O4S2/c1-29-13-14-4-2-5-15(10-14)21(26)23-19-12-18(8-9-20(19)25)30(27,28)24-17-7-3-6-16(22)11-17/h2-12,24-25H,13H2,1H3,(H,23,26). The van der Waals surface area contributed by atoms with Crippen molar-refractivity contribution < 1.29 is 18.3 Å². The molecule has 0 fully saturated rings. The fourth-order valence-electron chi connectivity index (χ4n) is 2.71. The highest BCUT2D eigenvalue weighted by Gasteiger charge is 2.18. The van der Waals surface area contributed by atoms with Crippen LogP contribution in [0.2, 0.25) is 5.02 Å². The number of anilines is 2. The van der Waals surface area contributed by atoms with Gasteiger partial charge in [-0.05, 0) is 60.4 Å². The second-order valence-electron chi connectivity index (χ2n) is 6.38. The van der Waals surface area contributed by atoms with E-state index in [2.05, 4.69) is 10.0 Å². The monoisotopic (exact) mass is 462 g/mol. The Bertz CT molecular complexity index is 1180. The molecule has 0 aromatic heterocycles. The third kappa shape index (κ3) is 5.47. The van der Waals surface area contributed by atoms with Gasteiger partial charge in [-0.15, -0.1) is 0 Å².